The van der Waals surface area contributed by atoms with Crippen molar-refractivity contribution < 1.29 is 27.4 Å². The van der Waals surface area contributed by atoms with Gasteiger partial charge in [0.2, 0.25) is 0 Å². The lowest BCUT2D eigenvalue weighted by Gasteiger charge is -2.38. The Morgan fingerprint density at radius 2 is 1.87 bits per heavy atom. The predicted octanol–water partition coefficient (Wildman–Crippen LogP) is 4.48. The highest BCUT2D eigenvalue weighted by Gasteiger charge is 2.47. The summed E-state index contributed by atoms with van der Waals surface area (Å²) in [5.74, 6) is 0.675. The number of hydrogen-bond donors (Lipinski definition) is 0. The second-order valence-electron chi connectivity index (χ2n) is 10.9. The lowest BCUT2D eigenvalue weighted by atomic mass is 9.96. The third kappa shape index (κ3) is 5.93. The third-order valence-electron chi connectivity index (χ3n) is 8.55. The van der Waals surface area contributed by atoms with Gasteiger partial charge in [-0.25, -0.2) is 0 Å². The summed E-state index contributed by atoms with van der Waals surface area (Å²) >= 11 is 0. The van der Waals surface area contributed by atoms with Crippen LogP contribution in [0.25, 0.3) is 0 Å². The van der Waals surface area contributed by atoms with E-state index in [4.69, 9.17) is 9.47 Å². The van der Waals surface area contributed by atoms with Crippen LogP contribution in [0.2, 0.25) is 0 Å². The Balaban J connectivity index is 1.16. The molecule has 0 spiro atoms. The van der Waals surface area contributed by atoms with E-state index in [2.05, 4.69) is 47.7 Å². The second-order valence-corrected chi connectivity index (χ2v) is 10.9. The molecule has 0 saturated carbocycles. The molecule has 10 heteroatoms. The van der Waals surface area contributed by atoms with Crippen molar-refractivity contribution in [3.05, 3.63) is 58.4 Å². The molecule has 3 saturated heterocycles. The number of morpholine rings is 1. The molecule has 0 unspecified atom stereocenters. The first-order chi connectivity index (χ1) is 18.6. The SMILES string of the molecule is Cc1c(OCCCN2CCOCC2)ccc([C@H](C)N2C[C@H]3C[C@@H]2CN3C(=O)c2ccc(C(F)(F)F)nc2)c1C. The molecule has 3 aliphatic rings. The first kappa shape index (κ1) is 27.9. The van der Waals surface area contributed by atoms with E-state index < -0.39 is 11.9 Å². The number of hydrogen-bond acceptors (Lipinski definition) is 6. The van der Waals surface area contributed by atoms with Crippen LogP contribution in [0.4, 0.5) is 13.2 Å². The average Bonchev–Trinajstić information content (AvgIpc) is 3.54. The minimum absolute atomic E-state index is 0.0442. The van der Waals surface area contributed by atoms with Gasteiger partial charge in [0.1, 0.15) is 11.4 Å². The topological polar surface area (TPSA) is 58.1 Å². The molecule has 7 nitrogen and oxygen atoms in total. The molecular weight excluding hydrogens is 509 g/mol. The van der Waals surface area contributed by atoms with Gasteiger partial charge in [-0.2, -0.15) is 13.2 Å². The highest BCUT2D eigenvalue weighted by Crippen LogP contribution is 2.39. The van der Waals surface area contributed by atoms with Gasteiger partial charge in [0.25, 0.3) is 5.91 Å². The van der Waals surface area contributed by atoms with Crippen LogP contribution in [-0.2, 0) is 10.9 Å². The Kier molecular flexibility index (Phi) is 8.16. The van der Waals surface area contributed by atoms with E-state index in [0.717, 1.165) is 75.8 Å². The van der Waals surface area contributed by atoms with E-state index in [9.17, 15) is 18.0 Å². The van der Waals surface area contributed by atoms with Crippen LogP contribution in [0, 0.1) is 13.8 Å². The molecule has 0 radical (unpaired) electrons. The monoisotopic (exact) mass is 546 g/mol. The summed E-state index contributed by atoms with van der Waals surface area (Å²) < 4.78 is 50.1. The van der Waals surface area contributed by atoms with Gasteiger partial charge in [0.05, 0.1) is 25.4 Å². The lowest BCUT2D eigenvalue weighted by molar-refractivity contribution is -0.141. The molecule has 1 amide bonds. The number of benzene rings is 1. The molecule has 1 aromatic heterocycles. The number of carbonyl (C=O) groups excluding carboxylic acids is 1. The van der Waals surface area contributed by atoms with E-state index in [-0.39, 0.29) is 29.6 Å². The number of rotatable bonds is 8. The maximum absolute atomic E-state index is 13.0. The summed E-state index contributed by atoms with van der Waals surface area (Å²) in [5, 5.41) is 0. The normalized spacial score (nSPS) is 22.9. The van der Waals surface area contributed by atoms with Gasteiger partial charge in [-0.1, -0.05) is 6.07 Å². The van der Waals surface area contributed by atoms with Crippen molar-refractivity contribution in [3.63, 3.8) is 0 Å². The van der Waals surface area contributed by atoms with E-state index in [1.54, 1.807) is 4.90 Å². The summed E-state index contributed by atoms with van der Waals surface area (Å²) in [7, 11) is 0. The zero-order valence-corrected chi connectivity index (χ0v) is 22.8. The summed E-state index contributed by atoms with van der Waals surface area (Å²) in [5.41, 5.74) is 2.84. The van der Waals surface area contributed by atoms with Crippen molar-refractivity contribution in [2.24, 2.45) is 0 Å². The summed E-state index contributed by atoms with van der Waals surface area (Å²) in [6.07, 6.45) is -1.64. The fourth-order valence-corrected chi connectivity index (χ4v) is 6.17. The number of likely N-dealkylation sites (tertiary alicyclic amines) is 2. The largest absolute Gasteiger partial charge is 0.493 e. The van der Waals surface area contributed by atoms with E-state index in [0.29, 0.717) is 13.2 Å². The standard InChI is InChI=1S/C29H37F3N4O3/c1-19-20(2)26(39-12-4-9-34-10-13-38-14-11-34)7-6-25(19)21(3)35-17-24-15-23(35)18-36(24)28(37)22-5-8-27(33-16-22)29(30,31)32/h5-8,16,21,23-24H,4,9-15,17-18H2,1-3H3/t21-,23+,24+/m0/s1. The Bertz CT molecular complexity index is 1170. The molecule has 212 valence electrons. The van der Waals surface area contributed by atoms with E-state index in [1.165, 1.54) is 17.2 Å². The van der Waals surface area contributed by atoms with Crippen molar-refractivity contribution in [1.29, 1.82) is 0 Å². The van der Waals surface area contributed by atoms with E-state index >= 15 is 0 Å². The van der Waals surface area contributed by atoms with Crippen LogP contribution in [-0.4, -0.2) is 90.2 Å². The number of fused-ring (bicyclic) bond motifs is 2. The third-order valence-corrected chi connectivity index (χ3v) is 8.55. The van der Waals surface area contributed by atoms with Crippen LogP contribution in [0.5, 0.6) is 5.75 Å². The number of ether oxygens (including phenoxy) is 2. The molecular formula is C29H37F3N4O3. The zero-order valence-electron chi connectivity index (χ0n) is 22.8. The Labute approximate surface area is 227 Å². The molecule has 3 atom stereocenters. The van der Waals surface area contributed by atoms with Crippen LogP contribution in [0.3, 0.4) is 0 Å². The van der Waals surface area contributed by atoms with Crippen molar-refractivity contribution in [2.45, 2.75) is 57.9 Å². The van der Waals surface area contributed by atoms with Gasteiger partial charge in [-0.3, -0.25) is 19.6 Å². The average molecular weight is 547 g/mol. The molecule has 3 fully saturated rings. The maximum Gasteiger partial charge on any atom is 0.433 e. The number of pyridine rings is 1. The smallest absolute Gasteiger partial charge is 0.433 e. The second kappa shape index (κ2) is 11.4. The lowest BCUT2D eigenvalue weighted by Crippen LogP contribution is -2.49. The summed E-state index contributed by atoms with van der Waals surface area (Å²) in [4.78, 5) is 23.2. The number of carbonyl (C=O) groups is 1. The first-order valence-corrected chi connectivity index (χ1v) is 13.8. The van der Waals surface area contributed by atoms with Crippen LogP contribution in [0.1, 0.15) is 58.5 Å². The fraction of sp³-hybridized carbons (Fsp3) is 0.586. The molecule has 2 aromatic rings. The summed E-state index contributed by atoms with van der Waals surface area (Å²) in [6, 6.07) is 6.77. The van der Waals surface area contributed by atoms with E-state index in [1.807, 2.05) is 0 Å². The van der Waals surface area contributed by atoms with Gasteiger partial charge in [0.15, 0.2) is 0 Å². The molecule has 2 bridgehead atoms. The number of aromatic nitrogens is 1. The number of nitrogens with zero attached hydrogens (tertiary/aromatic N) is 4. The molecule has 5 rings (SSSR count). The Morgan fingerprint density at radius 1 is 1.10 bits per heavy atom. The Morgan fingerprint density at radius 3 is 2.51 bits per heavy atom. The quantitative estimate of drug-likeness (QED) is 0.456. The van der Waals surface area contributed by atoms with Gasteiger partial charge < -0.3 is 14.4 Å². The van der Waals surface area contributed by atoms with Crippen LogP contribution < -0.4 is 4.74 Å². The Hall–Kier alpha value is -2.69. The maximum atomic E-state index is 13.0. The molecule has 0 N–H and O–H groups in total. The summed E-state index contributed by atoms with van der Waals surface area (Å²) in [6.45, 7) is 13.1. The van der Waals surface area contributed by atoms with Crippen molar-refractivity contribution in [3.8, 4) is 5.75 Å². The fourth-order valence-electron chi connectivity index (χ4n) is 6.17. The minimum atomic E-state index is -4.52. The van der Waals surface area contributed by atoms with Crippen molar-refractivity contribution in [2.75, 3.05) is 52.5 Å². The van der Waals surface area contributed by atoms with Crippen LogP contribution >= 0.6 is 0 Å². The molecule has 4 heterocycles. The highest BCUT2D eigenvalue weighted by molar-refractivity contribution is 5.94. The van der Waals surface area contributed by atoms with Gasteiger partial charge in [-0.05, 0) is 68.5 Å². The van der Waals surface area contributed by atoms with Gasteiger partial charge >= 0.3 is 6.18 Å². The predicted molar refractivity (Wildman–Crippen MR) is 141 cm³/mol. The van der Waals surface area contributed by atoms with Gasteiger partial charge in [-0.15, -0.1) is 0 Å². The molecule has 39 heavy (non-hydrogen) atoms. The number of piperazine rings is 1. The number of alkyl halides is 3. The highest BCUT2D eigenvalue weighted by atomic mass is 19.4. The first-order valence-electron chi connectivity index (χ1n) is 13.8. The van der Waals surface area contributed by atoms with Crippen LogP contribution in [0.15, 0.2) is 30.5 Å². The minimum Gasteiger partial charge on any atom is -0.493 e. The zero-order chi connectivity index (χ0) is 27.7. The molecule has 1 aromatic carbocycles. The molecule has 3 aliphatic heterocycles. The molecule has 0 aliphatic carbocycles. The number of halogens is 3. The van der Waals surface area contributed by atoms with Crippen molar-refractivity contribution in [1.82, 2.24) is 19.7 Å². The number of amides is 1. The van der Waals surface area contributed by atoms with Crippen molar-refractivity contribution >= 4 is 5.91 Å². The van der Waals surface area contributed by atoms with Gasteiger partial charge in [0, 0.05) is 57.0 Å².